The van der Waals surface area contributed by atoms with Crippen LogP contribution in [-0.2, 0) is 4.74 Å². The number of thioether (sulfide) groups is 1. The van der Waals surface area contributed by atoms with Crippen LogP contribution in [0.15, 0.2) is 56.2 Å². The van der Waals surface area contributed by atoms with Gasteiger partial charge in [0.1, 0.15) is 16.4 Å². The van der Waals surface area contributed by atoms with Crippen molar-refractivity contribution in [1.82, 2.24) is 4.98 Å². The summed E-state index contributed by atoms with van der Waals surface area (Å²) in [6.07, 6.45) is 0.812. The van der Waals surface area contributed by atoms with Crippen molar-refractivity contribution >= 4 is 34.5 Å². The van der Waals surface area contributed by atoms with Gasteiger partial charge in [0.2, 0.25) is 0 Å². The molecule has 5 nitrogen and oxygen atoms in total. The largest absolute Gasteiger partial charge is 0.497 e. The van der Waals surface area contributed by atoms with Crippen molar-refractivity contribution in [1.29, 1.82) is 0 Å². The van der Waals surface area contributed by atoms with Crippen molar-refractivity contribution in [2.75, 3.05) is 14.2 Å². The Kier molecular flexibility index (Phi) is 7.95. The molecular formula is C21H26N2O3S2. The highest BCUT2D eigenvalue weighted by Gasteiger charge is 2.23. The van der Waals surface area contributed by atoms with Crippen LogP contribution in [0.2, 0.25) is 0 Å². The number of carbonyl (C=O) groups is 1. The van der Waals surface area contributed by atoms with Crippen molar-refractivity contribution in [3.63, 3.8) is 0 Å². The van der Waals surface area contributed by atoms with Crippen molar-refractivity contribution in [2.24, 2.45) is 4.99 Å². The molecule has 2 rings (SSSR count). The maximum absolute atomic E-state index is 12.8. The number of hydrogen-bond donors (Lipinski definition) is 0. The van der Waals surface area contributed by atoms with Gasteiger partial charge in [0.05, 0.1) is 12.2 Å². The molecule has 0 fully saturated rings. The van der Waals surface area contributed by atoms with Crippen LogP contribution >= 0.6 is 23.5 Å². The second kappa shape index (κ2) is 9.98. The van der Waals surface area contributed by atoms with Crippen LogP contribution in [0.5, 0.6) is 5.75 Å². The Morgan fingerprint density at radius 3 is 2.36 bits per heavy atom. The molecule has 0 unspecified atom stereocenters. The first-order valence-electron chi connectivity index (χ1n) is 8.95. The maximum atomic E-state index is 12.8. The highest BCUT2D eigenvalue weighted by molar-refractivity contribution is 8.13. The first-order chi connectivity index (χ1) is 13.3. The fourth-order valence-electron chi connectivity index (χ4n) is 2.21. The number of benzene rings is 1. The third kappa shape index (κ3) is 6.56. The average Bonchev–Trinajstić information content (AvgIpc) is 2.66. The quantitative estimate of drug-likeness (QED) is 0.258. The zero-order valence-corrected chi connectivity index (χ0v) is 18.7. The Balaban J connectivity index is 2.37. The number of carbonyl (C=O) groups excluding carboxylic acids is 1. The molecule has 2 aromatic rings. The summed E-state index contributed by atoms with van der Waals surface area (Å²) in [6.45, 7) is 7.58. The Morgan fingerprint density at radius 1 is 1.14 bits per heavy atom. The first kappa shape index (κ1) is 22.3. The van der Waals surface area contributed by atoms with Gasteiger partial charge in [-0.25, -0.2) is 9.78 Å². The second-order valence-corrected chi connectivity index (χ2v) is 9.06. The van der Waals surface area contributed by atoms with Crippen LogP contribution < -0.4 is 4.74 Å². The molecular weight excluding hydrogens is 392 g/mol. The molecule has 0 radical (unpaired) electrons. The van der Waals surface area contributed by atoms with Gasteiger partial charge in [0.15, 0.2) is 5.69 Å². The predicted molar refractivity (Wildman–Crippen MR) is 116 cm³/mol. The molecule has 0 bridgehead atoms. The Labute approximate surface area is 175 Å². The number of ether oxygens (including phenoxy) is 2. The number of hydrogen-bond acceptors (Lipinski definition) is 7. The third-order valence-electron chi connectivity index (χ3n) is 3.49. The van der Waals surface area contributed by atoms with E-state index in [1.54, 1.807) is 14.2 Å². The van der Waals surface area contributed by atoms with E-state index in [4.69, 9.17) is 9.47 Å². The lowest BCUT2D eigenvalue weighted by molar-refractivity contribution is 0.00576. The van der Waals surface area contributed by atoms with E-state index < -0.39 is 11.6 Å². The van der Waals surface area contributed by atoms with Crippen molar-refractivity contribution in [3.8, 4) is 5.75 Å². The van der Waals surface area contributed by atoms with Crippen LogP contribution in [-0.4, -0.2) is 35.8 Å². The van der Waals surface area contributed by atoms with E-state index >= 15 is 0 Å². The van der Waals surface area contributed by atoms with Gasteiger partial charge in [-0.1, -0.05) is 30.4 Å². The molecule has 1 heterocycles. The van der Waals surface area contributed by atoms with E-state index in [1.165, 1.54) is 23.5 Å². The summed E-state index contributed by atoms with van der Waals surface area (Å²) in [5, 5.41) is 1.68. The molecule has 7 heteroatoms. The van der Waals surface area contributed by atoms with Crippen LogP contribution in [0.3, 0.4) is 0 Å². The van der Waals surface area contributed by atoms with E-state index in [-0.39, 0.29) is 0 Å². The lowest BCUT2D eigenvalue weighted by atomic mass is 10.2. The van der Waals surface area contributed by atoms with Crippen LogP contribution in [0.4, 0.5) is 0 Å². The normalized spacial score (nSPS) is 12.0. The Hall–Kier alpha value is -1.99. The monoisotopic (exact) mass is 418 g/mol. The number of pyridine rings is 1. The molecule has 0 atom stereocenters. The van der Waals surface area contributed by atoms with Gasteiger partial charge in [0, 0.05) is 16.8 Å². The number of nitrogens with zero attached hydrogens (tertiary/aromatic N) is 2. The smallest absolute Gasteiger partial charge is 0.358 e. The van der Waals surface area contributed by atoms with E-state index in [0.29, 0.717) is 5.69 Å². The molecule has 28 heavy (non-hydrogen) atoms. The van der Waals surface area contributed by atoms with Crippen LogP contribution in [0.1, 0.15) is 44.6 Å². The number of rotatable bonds is 6. The second-order valence-electron chi connectivity index (χ2n) is 6.85. The number of esters is 1. The van der Waals surface area contributed by atoms with Crippen molar-refractivity contribution in [2.45, 2.75) is 54.5 Å². The zero-order valence-electron chi connectivity index (χ0n) is 17.1. The van der Waals surface area contributed by atoms with Gasteiger partial charge < -0.3 is 9.47 Å². The van der Waals surface area contributed by atoms with Crippen LogP contribution in [0.25, 0.3) is 0 Å². The molecule has 0 N–H and O–H groups in total. The maximum Gasteiger partial charge on any atom is 0.358 e. The molecule has 1 aromatic carbocycles. The SMILES string of the molecule is CCC(=NC)Sc1ccc(Sc2ccc(OC)cc2)c(C(=O)OC(C)(C)C)n1. The lowest BCUT2D eigenvalue weighted by Gasteiger charge is -2.20. The highest BCUT2D eigenvalue weighted by atomic mass is 32.2. The summed E-state index contributed by atoms with van der Waals surface area (Å²) >= 11 is 2.93. The fraction of sp³-hybridized carbons (Fsp3) is 0.381. The molecule has 1 aromatic heterocycles. The van der Waals surface area contributed by atoms with Gasteiger partial charge >= 0.3 is 5.97 Å². The van der Waals surface area contributed by atoms with E-state index in [1.807, 2.05) is 64.1 Å². The Morgan fingerprint density at radius 2 is 1.82 bits per heavy atom. The minimum atomic E-state index is -0.594. The van der Waals surface area contributed by atoms with Crippen molar-refractivity contribution in [3.05, 3.63) is 42.1 Å². The highest BCUT2D eigenvalue weighted by Crippen LogP contribution is 2.33. The van der Waals surface area contributed by atoms with E-state index in [2.05, 4.69) is 9.98 Å². The third-order valence-corrected chi connectivity index (χ3v) is 5.69. The van der Waals surface area contributed by atoms with Gasteiger partial charge in [-0.2, -0.15) is 0 Å². The predicted octanol–water partition coefficient (Wildman–Crippen LogP) is 5.73. The molecule has 0 spiro atoms. The number of aliphatic imine (C=N–C) groups is 1. The standard InChI is InChI=1S/C21H26N2O3S2/c1-7-17(22-5)28-18-13-12-16(19(23-18)20(24)26-21(2,3)4)27-15-10-8-14(25-6)9-11-15/h8-13H,7H2,1-6H3. The minimum Gasteiger partial charge on any atom is -0.497 e. The fourth-order valence-corrected chi connectivity index (χ4v) is 3.85. The number of aromatic nitrogens is 1. The summed E-state index contributed by atoms with van der Waals surface area (Å²) < 4.78 is 10.8. The van der Waals surface area contributed by atoms with Gasteiger partial charge in [-0.3, -0.25) is 4.99 Å². The summed E-state index contributed by atoms with van der Waals surface area (Å²) in [5.74, 6) is 0.352. The number of methoxy groups -OCH3 is 1. The molecule has 0 aliphatic rings. The van der Waals surface area contributed by atoms with E-state index in [9.17, 15) is 4.79 Å². The summed E-state index contributed by atoms with van der Waals surface area (Å²) in [6, 6.07) is 11.5. The average molecular weight is 419 g/mol. The molecule has 0 amide bonds. The summed E-state index contributed by atoms with van der Waals surface area (Å²) in [5.41, 5.74) is -0.282. The minimum absolute atomic E-state index is 0.312. The Bertz CT molecular complexity index is 844. The van der Waals surface area contributed by atoms with E-state index in [0.717, 1.165) is 32.0 Å². The molecule has 0 aliphatic heterocycles. The molecule has 150 valence electrons. The summed E-state index contributed by atoms with van der Waals surface area (Å²) in [4.78, 5) is 23.4. The molecule has 0 saturated carbocycles. The zero-order chi connectivity index (χ0) is 20.7. The first-order valence-corrected chi connectivity index (χ1v) is 10.6. The molecule has 0 saturated heterocycles. The van der Waals surface area contributed by atoms with Gasteiger partial charge in [-0.05, 0) is 63.6 Å². The van der Waals surface area contributed by atoms with Crippen molar-refractivity contribution < 1.29 is 14.3 Å². The lowest BCUT2D eigenvalue weighted by Crippen LogP contribution is -2.25. The van der Waals surface area contributed by atoms with Gasteiger partial charge in [-0.15, -0.1) is 0 Å². The topological polar surface area (TPSA) is 60.8 Å². The summed E-state index contributed by atoms with van der Waals surface area (Å²) in [7, 11) is 3.39. The van der Waals surface area contributed by atoms with Gasteiger partial charge in [0.25, 0.3) is 0 Å². The molecule has 0 aliphatic carbocycles. The van der Waals surface area contributed by atoms with Crippen LogP contribution in [0, 0.1) is 0 Å².